The molecule has 2 heterocycles. The maximum absolute atomic E-state index is 4.59. The molecule has 1 aromatic carbocycles. The van der Waals surface area contributed by atoms with Crippen LogP contribution in [0.2, 0.25) is 0 Å². The van der Waals surface area contributed by atoms with E-state index in [1.165, 1.54) is 10.4 Å². The lowest BCUT2D eigenvalue weighted by atomic mass is 10.1. The van der Waals surface area contributed by atoms with Gasteiger partial charge in [-0.2, -0.15) is 0 Å². The molecule has 106 valence electrons. The summed E-state index contributed by atoms with van der Waals surface area (Å²) in [4.78, 5) is 5.86. The molecule has 0 aliphatic heterocycles. The van der Waals surface area contributed by atoms with Gasteiger partial charge in [0.05, 0.1) is 6.54 Å². The Morgan fingerprint density at radius 3 is 2.57 bits per heavy atom. The fourth-order valence-electron chi connectivity index (χ4n) is 1.96. The highest BCUT2D eigenvalue weighted by molar-refractivity contribution is 7.09. The van der Waals surface area contributed by atoms with Crippen molar-refractivity contribution in [1.29, 1.82) is 0 Å². The molecule has 2 aromatic heterocycles. The highest BCUT2D eigenvalue weighted by Crippen LogP contribution is 2.19. The predicted octanol–water partition coefficient (Wildman–Crippen LogP) is 3.83. The lowest BCUT2D eigenvalue weighted by Gasteiger charge is -2.08. The maximum atomic E-state index is 4.59. The monoisotopic (exact) mass is 296 g/mol. The molecule has 0 radical (unpaired) electrons. The summed E-state index contributed by atoms with van der Waals surface area (Å²) in [7, 11) is 0. The first-order valence-electron chi connectivity index (χ1n) is 6.77. The number of benzene rings is 1. The Kier molecular flexibility index (Phi) is 3.92. The molecule has 21 heavy (non-hydrogen) atoms. The van der Waals surface area contributed by atoms with Crippen molar-refractivity contribution in [3.63, 3.8) is 0 Å². The number of hydrogen-bond acceptors (Lipinski definition) is 5. The lowest BCUT2D eigenvalue weighted by molar-refractivity contribution is 0.928. The van der Waals surface area contributed by atoms with E-state index in [0.29, 0.717) is 5.82 Å². The van der Waals surface area contributed by atoms with Crippen molar-refractivity contribution in [3.05, 3.63) is 57.9 Å². The molecule has 0 atom stereocenters. The van der Waals surface area contributed by atoms with Gasteiger partial charge in [0.1, 0.15) is 5.69 Å². The van der Waals surface area contributed by atoms with E-state index in [4.69, 9.17) is 0 Å². The minimum atomic E-state index is 0.647. The molecule has 4 nitrogen and oxygen atoms in total. The summed E-state index contributed by atoms with van der Waals surface area (Å²) in [5, 5.41) is 13.8. The molecule has 3 rings (SSSR count). The van der Waals surface area contributed by atoms with Gasteiger partial charge in [-0.1, -0.05) is 35.9 Å². The van der Waals surface area contributed by atoms with E-state index in [9.17, 15) is 0 Å². The fourth-order valence-corrected chi connectivity index (χ4v) is 2.60. The Bertz CT molecular complexity index is 721. The zero-order chi connectivity index (χ0) is 14.7. The fraction of sp³-hybridized carbons (Fsp3) is 0.188. The van der Waals surface area contributed by atoms with Crippen LogP contribution in [0.3, 0.4) is 0 Å². The third-order valence-corrected chi connectivity index (χ3v) is 4.05. The van der Waals surface area contributed by atoms with Crippen LogP contribution in [0.5, 0.6) is 0 Å². The summed E-state index contributed by atoms with van der Waals surface area (Å²) in [5.41, 5.74) is 3.00. The molecule has 0 fully saturated rings. The molecule has 0 spiro atoms. The molecular formula is C16H16N4S. The first-order chi connectivity index (χ1) is 10.2. The van der Waals surface area contributed by atoms with Gasteiger partial charge in [-0.15, -0.1) is 21.5 Å². The van der Waals surface area contributed by atoms with Crippen molar-refractivity contribution in [3.8, 4) is 11.4 Å². The average Bonchev–Trinajstić information content (AvgIpc) is 3.01. The van der Waals surface area contributed by atoms with Gasteiger partial charge in [0, 0.05) is 10.4 Å². The Balaban J connectivity index is 1.83. The van der Waals surface area contributed by atoms with Crippen molar-refractivity contribution < 1.29 is 0 Å². The molecule has 0 bridgehead atoms. The standard InChI is InChI=1S/C16H16N4S/c1-11-5-7-13(8-6-11)16-18-15(12(2)19-20-16)17-10-14-4-3-9-21-14/h3-9H,10H2,1-2H3,(H,17,18,20). The highest BCUT2D eigenvalue weighted by Gasteiger charge is 2.07. The van der Waals surface area contributed by atoms with Gasteiger partial charge in [0.2, 0.25) is 0 Å². The summed E-state index contributed by atoms with van der Waals surface area (Å²) in [5.74, 6) is 1.43. The van der Waals surface area contributed by atoms with E-state index >= 15 is 0 Å². The number of aryl methyl sites for hydroxylation is 2. The van der Waals surface area contributed by atoms with Crippen molar-refractivity contribution in [1.82, 2.24) is 15.2 Å². The number of hydrogen-bond donors (Lipinski definition) is 1. The first kappa shape index (κ1) is 13.7. The number of anilines is 1. The number of thiophene rings is 1. The van der Waals surface area contributed by atoms with E-state index in [0.717, 1.165) is 23.6 Å². The maximum Gasteiger partial charge on any atom is 0.183 e. The summed E-state index contributed by atoms with van der Waals surface area (Å²) < 4.78 is 0. The largest absolute Gasteiger partial charge is 0.364 e. The molecule has 0 aliphatic carbocycles. The Morgan fingerprint density at radius 2 is 1.86 bits per heavy atom. The van der Waals surface area contributed by atoms with Crippen LogP contribution in [-0.4, -0.2) is 15.2 Å². The van der Waals surface area contributed by atoms with Gasteiger partial charge in [-0.05, 0) is 25.3 Å². The van der Waals surface area contributed by atoms with Gasteiger partial charge >= 0.3 is 0 Å². The quantitative estimate of drug-likeness (QED) is 0.795. The van der Waals surface area contributed by atoms with Crippen molar-refractivity contribution in [2.75, 3.05) is 5.32 Å². The topological polar surface area (TPSA) is 50.7 Å². The van der Waals surface area contributed by atoms with Gasteiger partial charge < -0.3 is 5.32 Å². The van der Waals surface area contributed by atoms with E-state index in [1.54, 1.807) is 11.3 Å². The lowest BCUT2D eigenvalue weighted by Crippen LogP contribution is -2.06. The molecule has 0 saturated carbocycles. The number of aromatic nitrogens is 3. The smallest absolute Gasteiger partial charge is 0.183 e. The minimum absolute atomic E-state index is 0.647. The van der Waals surface area contributed by atoms with Crippen LogP contribution in [0, 0.1) is 13.8 Å². The molecule has 1 N–H and O–H groups in total. The second-order valence-electron chi connectivity index (χ2n) is 4.87. The molecular weight excluding hydrogens is 280 g/mol. The van der Waals surface area contributed by atoms with Crippen LogP contribution in [0.25, 0.3) is 11.4 Å². The van der Waals surface area contributed by atoms with E-state index in [2.05, 4.69) is 51.0 Å². The molecule has 0 aliphatic rings. The number of nitrogens with zero attached hydrogens (tertiary/aromatic N) is 3. The van der Waals surface area contributed by atoms with Gasteiger partial charge in [-0.25, -0.2) is 4.98 Å². The summed E-state index contributed by atoms with van der Waals surface area (Å²) >= 11 is 1.72. The van der Waals surface area contributed by atoms with Crippen LogP contribution in [0.1, 0.15) is 16.1 Å². The summed E-state index contributed by atoms with van der Waals surface area (Å²) in [6.45, 7) is 4.73. The molecule has 5 heteroatoms. The normalized spacial score (nSPS) is 10.6. The Morgan fingerprint density at radius 1 is 1.05 bits per heavy atom. The molecule has 0 unspecified atom stereocenters. The summed E-state index contributed by atoms with van der Waals surface area (Å²) in [6.07, 6.45) is 0. The zero-order valence-corrected chi connectivity index (χ0v) is 12.8. The third kappa shape index (κ3) is 3.25. The van der Waals surface area contributed by atoms with Crippen molar-refractivity contribution in [2.45, 2.75) is 20.4 Å². The van der Waals surface area contributed by atoms with Crippen LogP contribution < -0.4 is 5.32 Å². The van der Waals surface area contributed by atoms with Gasteiger partial charge in [0.25, 0.3) is 0 Å². The first-order valence-corrected chi connectivity index (χ1v) is 7.65. The Labute approximate surface area is 127 Å². The average molecular weight is 296 g/mol. The summed E-state index contributed by atoms with van der Waals surface area (Å²) in [6, 6.07) is 12.3. The highest BCUT2D eigenvalue weighted by atomic mass is 32.1. The van der Waals surface area contributed by atoms with Crippen molar-refractivity contribution >= 4 is 17.2 Å². The predicted molar refractivity (Wildman–Crippen MR) is 86.4 cm³/mol. The minimum Gasteiger partial charge on any atom is -0.364 e. The van der Waals surface area contributed by atoms with Crippen LogP contribution in [-0.2, 0) is 6.54 Å². The van der Waals surface area contributed by atoms with E-state index in [1.807, 2.05) is 25.1 Å². The van der Waals surface area contributed by atoms with Gasteiger partial charge in [-0.3, -0.25) is 0 Å². The van der Waals surface area contributed by atoms with Crippen LogP contribution in [0.15, 0.2) is 41.8 Å². The van der Waals surface area contributed by atoms with Crippen molar-refractivity contribution in [2.24, 2.45) is 0 Å². The third-order valence-electron chi connectivity index (χ3n) is 3.18. The van der Waals surface area contributed by atoms with Crippen LogP contribution >= 0.6 is 11.3 Å². The zero-order valence-electron chi connectivity index (χ0n) is 12.0. The molecule has 3 aromatic rings. The molecule has 0 saturated heterocycles. The second kappa shape index (κ2) is 6.01. The second-order valence-corrected chi connectivity index (χ2v) is 5.90. The number of nitrogens with one attached hydrogen (secondary N) is 1. The Hall–Kier alpha value is -2.27. The van der Waals surface area contributed by atoms with E-state index in [-0.39, 0.29) is 0 Å². The van der Waals surface area contributed by atoms with Crippen LogP contribution in [0.4, 0.5) is 5.82 Å². The van der Waals surface area contributed by atoms with E-state index < -0.39 is 0 Å². The SMILES string of the molecule is Cc1ccc(-c2nnc(C)c(NCc3cccs3)n2)cc1. The molecule has 0 amide bonds. The van der Waals surface area contributed by atoms with Gasteiger partial charge in [0.15, 0.2) is 11.6 Å². The number of rotatable bonds is 4.